The van der Waals surface area contributed by atoms with Crippen LogP contribution >= 0.6 is 11.6 Å². The number of carbonyl (C=O) groups is 1. The molecule has 2 aromatic carbocycles. The van der Waals surface area contributed by atoms with Crippen LogP contribution in [0.25, 0.3) is 0 Å². The molecule has 0 aliphatic rings. The van der Waals surface area contributed by atoms with Gasteiger partial charge in [-0.15, -0.1) is 0 Å². The van der Waals surface area contributed by atoms with Gasteiger partial charge in [0.25, 0.3) is 15.9 Å². The highest BCUT2D eigenvalue weighted by Crippen LogP contribution is 2.26. The van der Waals surface area contributed by atoms with Crippen LogP contribution in [0.3, 0.4) is 0 Å². The van der Waals surface area contributed by atoms with Crippen LogP contribution in [-0.2, 0) is 21.4 Å². The topological polar surface area (TPSA) is 66.9 Å². The van der Waals surface area contributed by atoms with E-state index in [4.69, 9.17) is 16.4 Å². The van der Waals surface area contributed by atoms with Crippen LogP contribution in [0.4, 0.5) is 0 Å². The molecule has 0 aliphatic heterocycles. The standard InChI is InChI=1S/C17H19ClN2O4S/c1-19(12-13-7-5-4-6-8-13)17(21)14-9-10-15(18)16(11-14)25(22,23)20(2)24-3/h4-11H,12H2,1-3H3. The van der Waals surface area contributed by atoms with E-state index in [1.54, 1.807) is 7.05 Å². The van der Waals surface area contributed by atoms with Gasteiger partial charge in [0, 0.05) is 26.2 Å². The van der Waals surface area contributed by atoms with Crippen LogP contribution in [0.1, 0.15) is 15.9 Å². The molecule has 1 amide bonds. The first kappa shape index (κ1) is 19.4. The molecule has 0 bridgehead atoms. The maximum atomic E-state index is 12.6. The maximum Gasteiger partial charge on any atom is 0.266 e. The van der Waals surface area contributed by atoms with Gasteiger partial charge in [-0.05, 0) is 23.8 Å². The Morgan fingerprint density at radius 3 is 2.36 bits per heavy atom. The Kier molecular flexibility index (Phi) is 6.18. The van der Waals surface area contributed by atoms with Crippen molar-refractivity contribution in [2.24, 2.45) is 0 Å². The summed E-state index contributed by atoms with van der Waals surface area (Å²) >= 11 is 6.01. The Morgan fingerprint density at radius 1 is 1.12 bits per heavy atom. The van der Waals surface area contributed by atoms with Gasteiger partial charge in [-0.3, -0.25) is 9.63 Å². The summed E-state index contributed by atoms with van der Waals surface area (Å²) in [5, 5.41) is 0.0196. The number of amides is 1. The average Bonchev–Trinajstić information content (AvgIpc) is 2.61. The first-order valence-corrected chi connectivity index (χ1v) is 9.21. The summed E-state index contributed by atoms with van der Waals surface area (Å²) in [6, 6.07) is 13.6. The molecular weight excluding hydrogens is 364 g/mol. The van der Waals surface area contributed by atoms with E-state index >= 15 is 0 Å². The number of carbonyl (C=O) groups excluding carboxylic acids is 1. The highest BCUT2D eigenvalue weighted by atomic mass is 35.5. The molecule has 0 fully saturated rings. The lowest BCUT2D eigenvalue weighted by Crippen LogP contribution is -2.28. The molecule has 0 radical (unpaired) electrons. The maximum absolute atomic E-state index is 12.6. The van der Waals surface area contributed by atoms with Crippen molar-refractivity contribution in [3.05, 3.63) is 64.7 Å². The van der Waals surface area contributed by atoms with E-state index in [0.29, 0.717) is 11.0 Å². The van der Waals surface area contributed by atoms with Gasteiger partial charge in [-0.2, -0.15) is 0 Å². The highest BCUT2D eigenvalue weighted by Gasteiger charge is 2.25. The van der Waals surface area contributed by atoms with Crippen LogP contribution in [0.15, 0.2) is 53.4 Å². The van der Waals surface area contributed by atoms with Gasteiger partial charge in [-0.1, -0.05) is 46.4 Å². The molecule has 0 aliphatic carbocycles. The van der Waals surface area contributed by atoms with E-state index in [1.165, 1.54) is 37.3 Å². The van der Waals surface area contributed by atoms with Crippen molar-refractivity contribution < 1.29 is 18.0 Å². The summed E-state index contributed by atoms with van der Waals surface area (Å²) < 4.78 is 25.5. The van der Waals surface area contributed by atoms with Crippen LogP contribution in [0, 0.1) is 0 Å². The van der Waals surface area contributed by atoms with Crippen LogP contribution in [-0.4, -0.2) is 44.9 Å². The summed E-state index contributed by atoms with van der Waals surface area (Å²) in [4.78, 5) is 18.7. The van der Waals surface area contributed by atoms with Gasteiger partial charge in [0.15, 0.2) is 0 Å². The Morgan fingerprint density at radius 2 is 1.76 bits per heavy atom. The molecule has 0 N–H and O–H groups in total. The summed E-state index contributed by atoms with van der Waals surface area (Å²) in [5.74, 6) is -0.308. The highest BCUT2D eigenvalue weighted by molar-refractivity contribution is 7.89. The number of sulfonamides is 1. The quantitative estimate of drug-likeness (QED) is 0.720. The molecule has 8 heteroatoms. The van der Waals surface area contributed by atoms with E-state index in [2.05, 4.69) is 0 Å². The zero-order valence-electron chi connectivity index (χ0n) is 14.1. The van der Waals surface area contributed by atoms with Gasteiger partial charge < -0.3 is 4.90 Å². The van der Waals surface area contributed by atoms with Crippen molar-refractivity contribution in [1.29, 1.82) is 0 Å². The van der Waals surface area contributed by atoms with E-state index in [9.17, 15) is 13.2 Å². The SMILES string of the molecule is CON(C)S(=O)(=O)c1cc(C(=O)N(C)Cc2ccccc2)ccc1Cl. The molecule has 0 saturated heterocycles. The van der Waals surface area contributed by atoms with Gasteiger partial charge in [0.2, 0.25) is 0 Å². The first-order chi connectivity index (χ1) is 11.8. The Balaban J connectivity index is 2.31. The number of hydrogen-bond acceptors (Lipinski definition) is 4. The molecule has 0 heterocycles. The van der Waals surface area contributed by atoms with Crippen molar-refractivity contribution in [2.45, 2.75) is 11.4 Å². The zero-order valence-corrected chi connectivity index (χ0v) is 15.7. The predicted octanol–water partition coefficient (Wildman–Crippen LogP) is 2.79. The number of hydroxylamine groups is 1. The normalized spacial score (nSPS) is 11.6. The minimum Gasteiger partial charge on any atom is -0.337 e. The third-order valence-corrected chi connectivity index (χ3v) is 5.82. The van der Waals surface area contributed by atoms with Gasteiger partial charge in [0.05, 0.1) is 12.1 Å². The minimum absolute atomic E-state index is 0.0196. The minimum atomic E-state index is -3.95. The fraction of sp³-hybridized carbons (Fsp3) is 0.235. The Hall–Kier alpha value is -1.93. The molecule has 0 spiro atoms. The number of halogens is 1. The number of hydrogen-bond donors (Lipinski definition) is 0. The second kappa shape index (κ2) is 7.97. The Bertz CT molecular complexity index is 856. The number of benzene rings is 2. The van der Waals surface area contributed by atoms with Gasteiger partial charge >= 0.3 is 0 Å². The van der Waals surface area contributed by atoms with Gasteiger partial charge in [0.1, 0.15) is 4.90 Å². The molecule has 0 aromatic heterocycles. The molecule has 134 valence electrons. The molecule has 25 heavy (non-hydrogen) atoms. The monoisotopic (exact) mass is 382 g/mol. The van der Waals surface area contributed by atoms with Crippen molar-refractivity contribution >= 4 is 27.5 Å². The van der Waals surface area contributed by atoms with E-state index < -0.39 is 10.0 Å². The molecule has 2 aromatic rings. The molecule has 0 saturated carbocycles. The third kappa shape index (κ3) is 4.38. The van der Waals surface area contributed by atoms with Crippen LogP contribution in [0.2, 0.25) is 5.02 Å². The summed E-state index contributed by atoms with van der Waals surface area (Å²) in [5.41, 5.74) is 1.20. The summed E-state index contributed by atoms with van der Waals surface area (Å²) in [7, 11) is 0.182. The smallest absolute Gasteiger partial charge is 0.266 e. The number of nitrogens with zero attached hydrogens (tertiary/aromatic N) is 2. The fourth-order valence-electron chi connectivity index (χ4n) is 2.22. The lowest BCUT2D eigenvalue weighted by molar-refractivity contribution is -0.0258. The van der Waals surface area contributed by atoms with Crippen LogP contribution in [0.5, 0.6) is 0 Å². The van der Waals surface area contributed by atoms with Crippen molar-refractivity contribution in [2.75, 3.05) is 21.2 Å². The molecule has 0 atom stereocenters. The summed E-state index contributed by atoms with van der Waals surface area (Å²) in [6.07, 6.45) is 0. The lowest BCUT2D eigenvalue weighted by atomic mass is 10.1. The fourth-order valence-corrected chi connectivity index (χ4v) is 3.69. The lowest BCUT2D eigenvalue weighted by Gasteiger charge is -2.19. The van der Waals surface area contributed by atoms with Crippen molar-refractivity contribution in [3.8, 4) is 0 Å². The van der Waals surface area contributed by atoms with Crippen molar-refractivity contribution in [3.63, 3.8) is 0 Å². The predicted molar refractivity (Wildman–Crippen MR) is 95.6 cm³/mol. The summed E-state index contributed by atoms with van der Waals surface area (Å²) in [6.45, 7) is 0.405. The van der Waals surface area contributed by atoms with E-state index in [-0.39, 0.29) is 21.4 Å². The molecule has 6 nitrogen and oxygen atoms in total. The molecule has 2 rings (SSSR count). The first-order valence-electron chi connectivity index (χ1n) is 7.39. The van der Waals surface area contributed by atoms with E-state index in [1.807, 2.05) is 30.3 Å². The third-order valence-electron chi connectivity index (χ3n) is 3.66. The van der Waals surface area contributed by atoms with Gasteiger partial charge in [-0.25, -0.2) is 8.42 Å². The van der Waals surface area contributed by atoms with Crippen LogP contribution < -0.4 is 0 Å². The second-order valence-electron chi connectivity index (χ2n) is 5.39. The van der Waals surface area contributed by atoms with E-state index in [0.717, 1.165) is 5.56 Å². The average molecular weight is 383 g/mol. The Labute approximate surface area is 152 Å². The largest absolute Gasteiger partial charge is 0.337 e. The number of rotatable bonds is 6. The molecule has 0 unspecified atom stereocenters. The second-order valence-corrected chi connectivity index (χ2v) is 7.70. The molecular formula is C17H19ClN2O4S. The zero-order chi connectivity index (χ0) is 18.6. The van der Waals surface area contributed by atoms with Crippen molar-refractivity contribution in [1.82, 2.24) is 9.37 Å².